The molecular formula is C22H22FN3O5S. The van der Waals surface area contributed by atoms with E-state index in [1.54, 1.807) is 30.1 Å². The van der Waals surface area contributed by atoms with E-state index >= 15 is 0 Å². The summed E-state index contributed by atoms with van der Waals surface area (Å²) < 4.78 is 51.3. The number of sulfone groups is 1. The largest absolute Gasteiger partial charge is 0.487 e. The fraction of sp³-hybridized carbons (Fsp3) is 0.273. The van der Waals surface area contributed by atoms with Crippen molar-refractivity contribution in [2.75, 3.05) is 11.6 Å². The molecule has 8 nitrogen and oxygen atoms in total. The van der Waals surface area contributed by atoms with Gasteiger partial charge in [0.15, 0.2) is 27.2 Å². The third kappa shape index (κ3) is 4.45. The average molecular weight is 459 g/mol. The van der Waals surface area contributed by atoms with Crippen LogP contribution in [0.15, 0.2) is 47.5 Å². The number of carbonyl (C=O) groups is 1. The highest BCUT2D eigenvalue weighted by Crippen LogP contribution is 2.43. The van der Waals surface area contributed by atoms with E-state index in [4.69, 9.17) is 9.47 Å². The quantitative estimate of drug-likeness (QED) is 0.624. The van der Waals surface area contributed by atoms with E-state index in [0.29, 0.717) is 23.6 Å². The molecule has 0 radical (unpaired) electrons. The van der Waals surface area contributed by atoms with Crippen LogP contribution in [-0.2, 0) is 23.3 Å². The number of nitrogens with zero attached hydrogens (tertiary/aromatic N) is 2. The molecule has 4 rings (SSSR count). The number of rotatable bonds is 5. The minimum atomic E-state index is -3.56. The Labute approximate surface area is 184 Å². The lowest BCUT2D eigenvalue weighted by molar-refractivity contribution is 0.102. The van der Waals surface area contributed by atoms with Crippen LogP contribution in [0, 0.1) is 5.82 Å². The molecule has 1 aliphatic heterocycles. The molecular weight excluding hydrogens is 437 g/mol. The van der Waals surface area contributed by atoms with Crippen LogP contribution in [0.5, 0.6) is 17.2 Å². The monoisotopic (exact) mass is 459 g/mol. The summed E-state index contributed by atoms with van der Waals surface area (Å²) in [5.74, 6) is -0.325. The number of aryl methyl sites for hydroxylation is 1. The van der Waals surface area contributed by atoms with Crippen LogP contribution in [0.3, 0.4) is 0 Å². The molecule has 3 aromatic rings. The van der Waals surface area contributed by atoms with Gasteiger partial charge in [-0.2, -0.15) is 5.10 Å². The van der Waals surface area contributed by atoms with E-state index in [0.717, 1.165) is 12.3 Å². The van der Waals surface area contributed by atoms with Gasteiger partial charge in [-0.05, 0) is 44.2 Å². The lowest BCUT2D eigenvalue weighted by Crippen LogP contribution is -2.24. The number of anilines is 1. The van der Waals surface area contributed by atoms with Crippen molar-refractivity contribution < 1.29 is 27.1 Å². The highest BCUT2D eigenvalue weighted by Gasteiger charge is 2.34. The van der Waals surface area contributed by atoms with Crippen LogP contribution in [0.2, 0.25) is 0 Å². The number of amides is 1. The van der Waals surface area contributed by atoms with Crippen LogP contribution >= 0.6 is 0 Å². The first-order chi connectivity index (χ1) is 14.9. The molecule has 1 aliphatic rings. The molecule has 0 unspecified atom stereocenters. The predicted molar refractivity (Wildman–Crippen MR) is 116 cm³/mol. The van der Waals surface area contributed by atoms with E-state index in [1.807, 2.05) is 13.8 Å². The van der Waals surface area contributed by atoms with Gasteiger partial charge in [-0.25, -0.2) is 12.8 Å². The van der Waals surface area contributed by atoms with Crippen LogP contribution < -0.4 is 14.8 Å². The van der Waals surface area contributed by atoms with Gasteiger partial charge in [0.05, 0.1) is 4.90 Å². The second-order valence-corrected chi connectivity index (χ2v) is 10.3. The Kier molecular flexibility index (Phi) is 5.20. The second kappa shape index (κ2) is 7.63. The summed E-state index contributed by atoms with van der Waals surface area (Å²) in [4.78, 5) is 12.6. The summed E-state index contributed by atoms with van der Waals surface area (Å²) in [5, 5.41) is 6.82. The van der Waals surface area contributed by atoms with Gasteiger partial charge in [-0.1, -0.05) is 0 Å². The van der Waals surface area contributed by atoms with Gasteiger partial charge in [-0.15, -0.1) is 0 Å². The average Bonchev–Trinajstić information content (AvgIpc) is 3.23. The first-order valence-electron chi connectivity index (χ1n) is 9.76. The Balaban J connectivity index is 1.71. The van der Waals surface area contributed by atoms with E-state index in [-0.39, 0.29) is 22.0 Å². The van der Waals surface area contributed by atoms with Crippen molar-refractivity contribution in [2.24, 2.45) is 7.05 Å². The number of hydrogen-bond donors (Lipinski definition) is 1. The number of benzene rings is 2. The Morgan fingerprint density at radius 2 is 1.97 bits per heavy atom. The molecule has 0 fully saturated rings. The van der Waals surface area contributed by atoms with Crippen LogP contribution in [0.1, 0.15) is 29.8 Å². The first kappa shape index (κ1) is 21.8. The molecule has 0 spiro atoms. The molecule has 168 valence electrons. The van der Waals surface area contributed by atoms with Gasteiger partial charge in [0.1, 0.15) is 17.1 Å². The van der Waals surface area contributed by atoms with Crippen molar-refractivity contribution in [3.8, 4) is 17.2 Å². The van der Waals surface area contributed by atoms with Gasteiger partial charge in [0, 0.05) is 43.1 Å². The SMILES string of the molecule is Cn1ccc(NC(=O)c2cc(Oc3ccc(S(C)(=O)=O)cc3F)c3c(c2)OC(C)(C)C3)n1. The number of aromatic nitrogens is 2. The molecule has 0 atom stereocenters. The second-order valence-electron chi connectivity index (χ2n) is 8.28. The maximum atomic E-state index is 14.6. The number of halogens is 1. The highest BCUT2D eigenvalue weighted by atomic mass is 32.2. The van der Waals surface area contributed by atoms with Gasteiger partial charge in [0.2, 0.25) is 0 Å². The number of hydrogen-bond acceptors (Lipinski definition) is 6. The molecule has 0 aliphatic carbocycles. The summed E-state index contributed by atoms with van der Waals surface area (Å²) in [5.41, 5.74) is 0.404. The molecule has 2 heterocycles. The maximum absolute atomic E-state index is 14.6. The van der Waals surface area contributed by atoms with Crippen molar-refractivity contribution in [1.29, 1.82) is 0 Å². The lowest BCUT2D eigenvalue weighted by atomic mass is 9.99. The fourth-order valence-electron chi connectivity index (χ4n) is 3.45. The Morgan fingerprint density at radius 1 is 1.22 bits per heavy atom. The standard InChI is InChI=1S/C22H22FN3O5S/c1-22(2)12-15-18(30-17-6-5-14(11-16(17)23)32(4,28)29)9-13(10-19(15)31-22)21(27)24-20-7-8-26(3)25-20/h5-11H,12H2,1-4H3,(H,24,25,27). The Bertz CT molecular complexity index is 1330. The third-order valence-electron chi connectivity index (χ3n) is 4.93. The van der Waals surface area contributed by atoms with Crippen molar-refractivity contribution >= 4 is 21.6 Å². The molecule has 32 heavy (non-hydrogen) atoms. The minimum absolute atomic E-state index is 0.152. The van der Waals surface area contributed by atoms with E-state index in [9.17, 15) is 17.6 Å². The van der Waals surface area contributed by atoms with E-state index in [1.165, 1.54) is 18.2 Å². The highest BCUT2D eigenvalue weighted by molar-refractivity contribution is 7.90. The summed E-state index contributed by atoms with van der Waals surface area (Å²) in [6.45, 7) is 3.79. The van der Waals surface area contributed by atoms with Gasteiger partial charge in [0.25, 0.3) is 5.91 Å². The van der Waals surface area contributed by atoms with Crippen molar-refractivity contribution in [3.63, 3.8) is 0 Å². The molecule has 1 aromatic heterocycles. The van der Waals surface area contributed by atoms with Crippen LogP contribution in [-0.4, -0.2) is 36.0 Å². The van der Waals surface area contributed by atoms with E-state index < -0.39 is 27.2 Å². The third-order valence-corrected chi connectivity index (χ3v) is 6.04. The predicted octanol–water partition coefficient (Wildman–Crippen LogP) is 3.72. The maximum Gasteiger partial charge on any atom is 0.257 e. The van der Waals surface area contributed by atoms with Crippen LogP contribution in [0.25, 0.3) is 0 Å². The zero-order valence-electron chi connectivity index (χ0n) is 18.0. The van der Waals surface area contributed by atoms with Gasteiger partial charge in [-0.3, -0.25) is 9.48 Å². The molecule has 1 N–H and O–H groups in total. The zero-order valence-corrected chi connectivity index (χ0v) is 18.8. The normalized spacial score (nSPS) is 14.5. The molecule has 0 saturated heterocycles. The number of nitrogens with one attached hydrogen (secondary N) is 1. The van der Waals surface area contributed by atoms with Crippen LogP contribution in [0.4, 0.5) is 10.2 Å². The fourth-order valence-corrected chi connectivity index (χ4v) is 4.08. The van der Waals surface area contributed by atoms with Gasteiger partial charge >= 0.3 is 0 Å². The summed E-state index contributed by atoms with van der Waals surface area (Å²) in [6.07, 6.45) is 3.18. The molecule has 2 aromatic carbocycles. The number of carbonyl (C=O) groups excluding carboxylic acids is 1. The molecule has 0 saturated carbocycles. The zero-order chi connectivity index (χ0) is 23.3. The number of ether oxygens (including phenoxy) is 2. The first-order valence-corrected chi connectivity index (χ1v) is 11.6. The molecule has 1 amide bonds. The smallest absolute Gasteiger partial charge is 0.257 e. The molecule has 10 heteroatoms. The van der Waals surface area contributed by atoms with Crippen molar-refractivity contribution in [1.82, 2.24) is 9.78 Å². The summed E-state index contributed by atoms with van der Waals surface area (Å²) in [6, 6.07) is 8.19. The molecule has 0 bridgehead atoms. The van der Waals surface area contributed by atoms with Crippen molar-refractivity contribution in [2.45, 2.75) is 30.8 Å². The van der Waals surface area contributed by atoms with Gasteiger partial charge < -0.3 is 14.8 Å². The number of fused-ring (bicyclic) bond motifs is 1. The summed E-state index contributed by atoms with van der Waals surface area (Å²) >= 11 is 0. The Morgan fingerprint density at radius 3 is 2.59 bits per heavy atom. The summed E-state index contributed by atoms with van der Waals surface area (Å²) in [7, 11) is -1.83. The van der Waals surface area contributed by atoms with E-state index in [2.05, 4.69) is 10.4 Å². The minimum Gasteiger partial charge on any atom is -0.487 e. The van der Waals surface area contributed by atoms with Crippen molar-refractivity contribution in [3.05, 3.63) is 59.5 Å². The topological polar surface area (TPSA) is 99.5 Å². The Hall–Kier alpha value is -3.40. The lowest BCUT2D eigenvalue weighted by Gasteiger charge is -2.16.